The molecule has 0 saturated heterocycles. The van der Waals surface area contributed by atoms with Crippen molar-refractivity contribution in [2.24, 2.45) is 0 Å². The van der Waals surface area contributed by atoms with Crippen molar-refractivity contribution in [3.63, 3.8) is 0 Å². The van der Waals surface area contributed by atoms with Crippen LogP contribution in [0.2, 0.25) is 0 Å². The van der Waals surface area contributed by atoms with Gasteiger partial charge >= 0.3 is 11.9 Å². The van der Waals surface area contributed by atoms with E-state index in [4.69, 9.17) is 9.47 Å². The number of unbranched alkanes of at least 4 members (excludes halogenated alkanes) is 18. The third kappa shape index (κ3) is 23.0. The first-order valence-electron chi connectivity index (χ1n) is 26.7. The van der Waals surface area contributed by atoms with Gasteiger partial charge in [-0.3, -0.25) is 9.59 Å². The molecule has 0 atom stereocenters. The highest BCUT2D eigenvalue weighted by Gasteiger charge is 2.31. The summed E-state index contributed by atoms with van der Waals surface area (Å²) in [5, 5.41) is 11.5. The Balaban J connectivity index is 1.61. The molecule has 3 rings (SSSR count). The second-order valence-electron chi connectivity index (χ2n) is 21.5. The van der Waals surface area contributed by atoms with Gasteiger partial charge in [-0.25, -0.2) is 0 Å². The highest BCUT2D eigenvalue weighted by Crippen LogP contribution is 2.42. The monoisotopic (exact) mass is 959 g/mol. The van der Waals surface area contributed by atoms with Gasteiger partial charge in [0.25, 0.3) is 0 Å². The molecule has 376 valence electrons. The first-order chi connectivity index (χ1) is 32.1. The fraction of sp³-hybridized carbons (Fsp3) is 0.667. The lowest BCUT2D eigenvalue weighted by molar-refractivity contribution is -0.134. The standard InChI is InChI=1S/C60H94O5S2/c1-10-12-14-16-18-20-22-24-26-28-42-66-44-39-55(61)64-51-34-30-49(31-35-51)60(9,41-38-48-46-53(58(3,4)5)57(63)54(47-48)59(6,7)8)50-32-36-52(37-33-50)65-56(62)40-45-67-43-29-27-25-23-21-19-17-15-13-11-2/h30-37,46-47,63H,10-29,38-45H2,1-9H3. The lowest BCUT2D eigenvalue weighted by Gasteiger charge is -2.32. The summed E-state index contributed by atoms with van der Waals surface area (Å²) in [4.78, 5) is 25.8. The second kappa shape index (κ2) is 32.1. The predicted octanol–water partition coefficient (Wildman–Crippen LogP) is 17.8. The summed E-state index contributed by atoms with van der Waals surface area (Å²) in [7, 11) is 0. The van der Waals surface area contributed by atoms with Crippen molar-refractivity contribution in [1.82, 2.24) is 0 Å². The van der Waals surface area contributed by atoms with Gasteiger partial charge in [-0.05, 0) is 100 Å². The van der Waals surface area contributed by atoms with E-state index in [1.54, 1.807) is 0 Å². The molecule has 0 heterocycles. The molecule has 3 aromatic rings. The van der Waals surface area contributed by atoms with Crippen LogP contribution < -0.4 is 9.47 Å². The zero-order valence-corrected chi connectivity index (χ0v) is 45.6. The highest BCUT2D eigenvalue weighted by molar-refractivity contribution is 7.99. The Morgan fingerprint density at radius 1 is 0.478 bits per heavy atom. The largest absolute Gasteiger partial charge is 0.507 e. The van der Waals surface area contributed by atoms with Gasteiger partial charge in [0.05, 0.1) is 12.8 Å². The zero-order valence-electron chi connectivity index (χ0n) is 44.0. The van der Waals surface area contributed by atoms with E-state index in [9.17, 15) is 14.7 Å². The van der Waals surface area contributed by atoms with Crippen molar-refractivity contribution >= 4 is 35.5 Å². The van der Waals surface area contributed by atoms with Crippen molar-refractivity contribution < 1.29 is 24.2 Å². The number of benzene rings is 3. The summed E-state index contributed by atoms with van der Waals surface area (Å²) in [6, 6.07) is 20.4. The van der Waals surface area contributed by atoms with Crippen LogP contribution in [0.15, 0.2) is 60.7 Å². The molecular formula is C60H94O5S2. The summed E-state index contributed by atoms with van der Waals surface area (Å²) in [6.07, 6.45) is 29.1. The number of phenolic OH excluding ortho intramolecular Hbond substituents is 1. The van der Waals surface area contributed by atoms with Crippen LogP contribution in [0.1, 0.15) is 238 Å². The number of ether oxygens (including phenoxy) is 2. The molecule has 0 aliphatic carbocycles. The first kappa shape index (κ1) is 58.4. The van der Waals surface area contributed by atoms with Gasteiger partial charge in [-0.1, -0.05) is 214 Å². The Kier molecular flexibility index (Phi) is 28.0. The minimum absolute atomic E-state index is 0.194. The van der Waals surface area contributed by atoms with Crippen LogP contribution in [-0.2, 0) is 32.3 Å². The summed E-state index contributed by atoms with van der Waals surface area (Å²) in [5.41, 5.74) is 4.45. The summed E-state index contributed by atoms with van der Waals surface area (Å²) < 4.78 is 11.7. The topological polar surface area (TPSA) is 72.8 Å². The number of aromatic hydroxyl groups is 1. The fourth-order valence-electron chi connectivity index (χ4n) is 8.88. The zero-order chi connectivity index (χ0) is 49.0. The Labute approximate surface area is 418 Å². The predicted molar refractivity (Wildman–Crippen MR) is 292 cm³/mol. The van der Waals surface area contributed by atoms with Gasteiger partial charge in [-0.2, -0.15) is 23.5 Å². The fourth-order valence-corrected chi connectivity index (χ4v) is 10.7. The SMILES string of the molecule is CCCCCCCCCCCCSCCC(=O)Oc1ccc(C(C)(CCc2cc(C(C)(C)C)c(O)c(C(C)(C)C)c2)c2ccc(OC(=O)CCSCCCCCCCCCCCC)cc2)cc1. The molecule has 0 saturated carbocycles. The van der Waals surface area contributed by atoms with Crippen LogP contribution in [0.4, 0.5) is 0 Å². The van der Waals surface area contributed by atoms with Crippen LogP contribution in [0.5, 0.6) is 17.2 Å². The van der Waals surface area contributed by atoms with Crippen LogP contribution in [0, 0.1) is 0 Å². The Hall–Kier alpha value is -2.90. The maximum Gasteiger partial charge on any atom is 0.312 e. The van der Waals surface area contributed by atoms with E-state index in [1.807, 2.05) is 47.8 Å². The summed E-state index contributed by atoms with van der Waals surface area (Å²) in [6.45, 7) is 19.7. The molecule has 0 aliphatic heterocycles. The van der Waals surface area contributed by atoms with E-state index in [0.717, 1.165) is 58.1 Å². The number of esters is 2. The molecule has 0 bridgehead atoms. The molecule has 5 nitrogen and oxygen atoms in total. The molecule has 0 aliphatic rings. The van der Waals surface area contributed by atoms with Gasteiger partial charge in [0.2, 0.25) is 0 Å². The molecular weight excluding hydrogens is 865 g/mol. The van der Waals surface area contributed by atoms with Gasteiger partial charge < -0.3 is 14.6 Å². The Bertz CT molecular complexity index is 1680. The minimum Gasteiger partial charge on any atom is -0.507 e. The number of rotatable bonds is 35. The smallest absolute Gasteiger partial charge is 0.312 e. The van der Waals surface area contributed by atoms with Gasteiger partial charge in [0.15, 0.2) is 0 Å². The van der Waals surface area contributed by atoms with E-state index in [2.05, 4.69) is 98.7 Å². The van der Waals surface area contributed by atoms with E-state index in [0.29, 0.717) is 30.1 Å². The van der Waals surface area contributed by atoms with Gasteiger partial charge in [0.1, 0.15) is 17.2 Å². The van der Waals surface area contributed by atoms with Crippen molar-refractivity contribution in [2.45, 2.75) is 233 Å². The normalized spacial score (nSPS) is 12.1. The average Bonchev–Trinajstić information content (AvgIpc) is 3.28. The van der Waals surface area contributed by atoms with Crippen LogP contribution in [0.3, 0.4) is 0 Å². The molecule has 7 heteroatoms. The van der Waals surface area contributed by atoms with Crippen LogP contribution in [0.25, 0.3) is 0 Å². The van der Waals surface area contributed by atoms with Crippen LogP contribution in [-0.4, -0.2) is 40.1 Å². The lowest BCUT2D eigenvalue weighted by Crippen LogP contribution is -2.25. The molecule has 1 N–H and O–H groups in total. The number of carbonyl (C=O) groups excluding carboxylic acids is 2. The minimum atomic E-state index is -0.427. The highest BCUT2D eigenvalue weighted by atomic mass is 32.2. The van der Waals surface area contributed by atoms with E-state index in [1.165, 1.54) is 134 Å². The molecule has 0 amide bonds. The maximum absolute atomic E-state index is 12.9. The van der Waals surface area contributed by atoms with Gasteiger partial charge in [-0.15, -0.1) is 0 Å². The summed E-state index contributed by atoms with van der Waals surface area (Å²) >= 11 is 3.70. The number of hydrogen-bond acceptors (Lipinski definition) is 7. The average molecular weight is 960 g/mol. The second-order valence-corrected chi connectivity index (χ2v) is 23.9. The van der Waals surface area contributed by atoms with Crippen molar-refractivity contribution in [3.05, 3.63) is 88.5 Å². The quantitative estimate of drug-likeness (QED) is 0.0358. The molecule has 3 aromatic carbocycles. The number of hydrogen-bond donors (Lipinski definition) is 1. The maximum atomic E-state index is 12.9. The van der Waals surface area contributed by atoms with E-state index < -0.39 is 5.41 Å². The lowest BCUT2D eigenvalue weighted by atomic mass is 9.71. The Morgan fingerprint density at radius 2 is 0.806 bits per heavy atom. The molecule has 0 radical (unpaired) electrons. The molecule has 0 aromatic heterocycles. The van der Waals surface area contributed by atoms with Gasteiger partial charge in [0, 0.05) is 16.9 Å². The third-order valence-corrected chi connectivity index (χ3v) is 15.5. The number of aryl methyl sites for hydroxylation is 1. The molecule has 67 heavy (non-hydrogen) atoms. The van der Waals surface area contributed by atoms with E-state index >= 15 is 0 Å². The first-order valence-corrected chi connectivity index (χ1v) is 29.0. The van der Waals surface area contributed by atoms with E-state index in [-0.39, 0.29) is 22.8 Å². The number of phenols is 1. The van der Waals surface area contributed by atoms with Crippen molar-refractivity contribution in [2.75, 3.05) is 23.0 Å². The Morgan fingerprint density at radius 3 is 1.13 bits per heavy atom. The van der Waals surface area contributed by atoms with Crippen molar-refractivity contribution in [1.29, 1.82) is 0 Å². The molecule has 0 fully saturated rings. The number of carbonyl (C=O) groups is 2. The molecule has 0 unspecified atom stereocenters. The van der Waals surface area contributed by atoms with Crippen molar-refractivity contribution in [3.8, 4) is 17.2 Å². The summed E-state index contributed by atoms with van der Waals surface area (Å²) in [5.74, 6) is 4.87. The third-order valence-electron chi connectivity index (χ3n) is 13.3. The molecule has 0 spiro atoms. The number of thioether (sulfide) groups is 2. The van der Waals surface area contributed by atoms with Crippen LogP contribution >= 0.6 is 23.5 Å².